The zero-order valence-electron chi connectivity index (χ0n) is 10.5. The Balaban J connectivity index is 1.98. The summed E-state index contributed by atoms with van der Waals surface area (Å²) >= 11 is 0. The van der Waals surface area contributed by atoms with Crippen LogP contribution in [0.5, 0.6) is 0 Å². The van der Waals surface area contributed by atoms with Gasteiger partial charge in [-0.25, -0.2) is 0 Å². The van der Waals surface area contributed by atoms with E-state index >= 15 is 0 Å². The fraction of sp³-hybridized carbons (Fsp3) is 0.857. The van der Waals surface area contributed by atoms with Crippen LogP contribution >= 0.6 is 0 Å². The van der Waals surface area contributed by atoms with Crippen molar-refractivity contribution in [3.8, 4) is 0 Å². The molecule has 0 radical (unpaired) electrons. The third-order valence-electron chi connectivity index (χ3n) is 4.42. The van der Waals surface area contributed by atoms with Crippen molar-refractivity contribution in [2.75, 3.05) is 6.54 Å². The minimum Gasteiger partial charge on any atom is -0.313 e. The Kier molecular flexibility index (Phi) is 3.20. The van der Waals surface area contributed by atoms with Gasteiger partial charge in [-0.3, -0.25) is 0 Å². The molecule has 86 valence electrons. The van der Waals surface area contributed by atoms with Crippen LogP contribution in [0.4, 0.5) is 0 Å². The molecule has 1 N–H and O–H groups in total. The average Bonchev–Trinajstić information content (AvgIpc) is 2.62. The van der Waals surface area contributed by atoms with Crippen molar-refractivity contribution in [3.05, 3.63) is 11.6 Å². The number of hydrogen-bond acceptors (Lipinski definition) is 1. The smallest absolute Gasteiger partial charge is 0.00705 e. The zero-order chi connectivity index (χ0) is 10.9. The maximum absolute atomic E-state index is 3.68. The standard InChI is InChI=1S/C14H25N/c1-4-13-9-14(10-15-13)7-5-12(6-8-14)11(2)3/h5,11,13,15H,4,6-10H2,1-3H3. The van der Waals surface area contributed by atoms with Gasteiger partial charge in [0.2, 0.25) is 0 Å². The monoisotopic (exact) mass is 207 g/mol. The van der Waals surface area contributed by atoms with E-state index in [2.05, 4.69) is 32.2 Å². The normalized spacial score (nSPS) is 36.3. The first-order valence-electron chi connectivity index (χ1n) is 6.57. The highest BCUT2D eigenvalue weighted by atomic mass is 15.0. The first kappa shape index (κ1) is 11.2. The number of allylic oxidation sites excluding steroid dienone is 2. The molecule has 15 heavy (non-hydrogen) atoms. The van der Waals surface area contributed by atoms with E-state index in [0.29, 0.717) is 5.41 Å². The number of rotatable bonds is 2. The van der Waals surface area contributed by atoms with E-state index in [1.54, 1.807) is 5.57 Å². The van der Waals surface area contributed by atoms with Gasteiger partial charge in [-0.05, 0) is 43.4 Å². The number of hydrogen-bond donors (Lipinski definition) is 1. The van der Waals surface area contributed by atoms with Crippen LogP contribution in [0.25, 0.3) is 0 Å². The fourth-order valence-corrected chi connectivity index (χ4v) is 3.15. The second kappa shape index (κ2) is 4.29. The molecule has 0 saturated carbocycles. The lowest BCUT2D eigenvalue weighted by atomic mass is 9.72. The Labute approximate surface area is 94.3 Å². The minimum absolute atomic E-state index is 0.624. The molecule has 1 nitrogen and oxygen atoms in total. The first-order valence-corrected chi connectivity index (χ1v) is 6.57. The summed E-state index contributed by atoms with van der Waals surface area (Å²) in [6, 6.07) is 0.791. The molecule has 0 aromatic rings. The van der Waals surface area contributed by atoms with Crippen molar-refractivity contribution in [2.45, 2.75) is 58.9 Å². The quantitative estimate of drug-likeness (QED) is 0.683. The van der Waals surface area contributed by atoms with Gasteiger partial charge in [0.1, 0.15) is 0 Å². The fourth-order valence-electron chi connectivity index (χ4n) is 3.15. The lowest BCUT2D eigenvalue weighted by Crippen LogP contribution is -2.26. The summed E-state index contributed by atoms with van der Waals surface area (Å²) in [5, 5.41) is 3.68. The summed E-state index contributed by atoms with van der Waals surface area (Å²) in [5.74, 6) is 0.763. The highest BCUT2D eigenvalue weighted by Gasteiger charge is 2.38. The van der Waals surface area contributed by atoms with Crippen molar-refractivity contribution in [3.63, 3.8) is 0 Å². The molecular formula is C14H25N. The molecule has 0 aromatic heterocycles. The summed E-state index contributed by atoms with van der Waals surface area (Å²) in [6.07, 6.45) is 9.32. The summed E-state index contributed by atoms with van der Waals surface area (Å²) in [7, 11) is 0. The molecule has 2 unspecified atom stereocenters. The third-order valence-corrected chi connectivity index (χ3v) is 4.42. The Bertz CT molecular complexity index is 254. The second-order valence-corrected chi connectivity index (χ2v) is 5.83. The Morgan fingerprint density at radius 1 is 1.53 bits per heavy atom. The van der Waals surface area contributed by atoms with E-state index in [-0.39, 0.29) is 0 Å². The van der Waals surface area contributed by atoms with Gasteiger partial charge in [0.05, 0.1) is 0 Å². The molecule has 1 heteroatoms. The third kappa shape index (κ3) is 2.28. The minimum atomic E-state index is 0.624. The van der Waals surface area contributed by atoms with Crippen LogP contribution in [-0.2, 0) is 0 Å². The largest absolute Gasteiger partial charge is 0.313 e. The van der Waals surface area contributed by atoms with E-state index in [4.69, 9.17) is 0 Å². The molecule has 1 heterocycles. The van der Waals surface area contributed by atoms with E-state index in [9.17, 15) is 0 Å². The average molecular weight is 207 g/mol. The van der Waals surface area contributed by atoms with Crippen LogP contribution < -0.4 is 5.32 Å². The lowest BCUT2D eigenvalue weighted by Gasteiger charge is -2.33. The topological polar surface area (TPSA) is 12.0 Å². The number of nitrogens with one attached hydrogen (secondary N) is 1. The van der Waals surface area contributed by atoms with Gasteiger partial charge in [0.25, 0.3) is 0 Å². The summed E-state index contributed by atoms with van der Waals surface area (Å²) in [5.41, 5.74) is 2.32. The van der Waals surface area contributed by atoms with Gasteiger partial charge in [-0.1, -0.05) is 32.4 Å². The van der Waals surface area contributed by atoms with Crippen LogP contribution in [0.2, 0.25) is 0 Å². The van der Waals surface area contributed by atoms with Crippen LogP contribution in [0.15, 0.2) is 11.6 Å². The van der Waals surface area contributed by atoms with Crippen molar-refractivity contribution in [2.24, 2.45) is 11.3 Å². The van der Waals surface area contributed by atoms with Crippen LogP contribution in [0, 0.1) is 11.3 Å². The predicted molar refractivity (Wildman–Crippen MR) is 65.9 cm³/mol. The Morgan fingerprint density at radius 2 is 2.33 bits per heavy atom. The molecule has 0 amide bonds. The molecule has 1 fully saturated rings. The van der Waals surface area contributed by atoms with Gasteiger partial charge in [0.15, 0.2) is 0 Å². The van der Waals surface area contributed by atoms with Gasteiger partial charge in [0, 0.05) is 12.6 Å². The SMILES string of the molecule is CCC1CC2(CC=C(C(C)C)CC2)CN1. The van der Waals surface area contributed by atoms with Crippen molar-refractivity contribution in [1.29, 1.82) is 0 Å². The van der Waals surface area contributed by atoms with Gasteiger partial charge in [-0.15, -0.1) is 0 Å². The van der Waals surface area contributed by atoms with Crippen LogP contribution in [0.3, 0.4) is 0 Å². The second-order valence-electron chi connectivity index (χ2n) is 5.83. The molecule has 1 spiro atoms. The summed E-state index contributed by atoms with van der Waals surface area (Å²) in [6.45, 7) is 8.21. The molecular weight excluding hydrogens is 182 g/mol. The van der Waals surface area contributed by atoms with Gasteiger partial charge < -0.3 is 5.32 Å². The van der Waals surface area contributed by atoms with Crippen LogP contribution in [-0.4, -0.2) is 12.6 Å². The lowest BCUT2D eigenvalue weighted by molar-refractivity contribution is 0.274. The zero-order valence-corrected chi connectivity index (χ0v) is 10.5. The summed E-state index contributed by atoms with van der Waals surface area (Å²) in [4.78, 5) is 0. The highest BCUT2D eigenvalue weighted by Crippen LogP contribution is 2.43. The van der Waals surface area contributed by atoms with E-state index in [1.807, 2.05) is 0 Å². The summed E-state index contributed by atoms with van der Waals surface area (Å²) < 4.78 is 0. The molecule has 2 aliphatic rings. The van der Waals surface area contributed by atoms with Crippen molar-refractivity contribution < 1.29 is 0 Å². The van der Waals surface area contributed by atoms with Crippen molar-refractivity contribution >= 4 is 0 Å². The van der Waals surface area contributed by atoms with E-state index in [0.717, 1.165) is 12.0 Å². The molecule has 1 aliphatic carbocycles. The maximum Gasteiger partial charge on any atom is 0.00705 e. The molecule has 1 aliphatic heterocycles. The maximum atomic E-state index is 3.68. The van der Waals surface area contributed by atoms with Gasteiger partial charge in [-0.2, -0.15) is 0 Å². The molecule has 2 atom stereocenters. The van der Waals surface area contributed by atoms with E-state index < -0.39 is 0 Å². The Hall–Kier alpha value is -0.300. The first-order chi connectivity index (χ1) is 7.15. The van der Waals surface area contributed by atoms with E-state index in [1.165, 1.54) is 38.6 Å². The highest BCUT2D eigenvalue weighted by molar-refractivity contribution is 5.13. The Morgan fingerprint density at radius 3 is 2.80 bits per heavy atom. The molecule has 0 bridgehead atoms. The predicted octanol–water partition coefficient (Wildman–Crippen LogP) is 3.51. The molecule has 0 aromatic carbocycles. The van der Waals surface area contributed by atoms with Crippen molar-refractivity contribution in [1.82, 2.24) is 5.32 Å². The molecule has 2 rings (SSSR count). The van der Waals surface area contributed by atoms with Crippen LogP contribution in [0.1, 0.15) is 52.9 Å². The molecule has 1 saturated heterocycles. The van der Waals surface area contributed by atoms with Gasteiger partial charge >= 0.3 is 0 Å².